The van der Waals surface area contributed by atoms with Crippen LogP contribution < -0.4 is 5.73 Å². The van der Waals surface area contributed by atoms with Gasteiger partial charge in [-0.05, 0) is 38.0 Å². The topological polar surface area (TPSA) is 49.8 Å². The Hall–Kier alpha value is -0.550. The largest absolute Gasteiger partial charge is 0.327 e. The van der Waals surface area contributed by atoms with Crippen molar-refractivity contribution in [2.45, 2.75) is 32.2 Å². The van der Waals surface area contributed by atoms with Gasteiger partial charge >= 0.3 is 0 Å². The van der Waals surface area contributed by atoms with E-state index in [1.54, 1.807) is 0 Å². The van der Waals surface area contributed by atoms with Crippen molar-refractivity contribution in [3.8, 4) is 6.07 Å². The maximum absolute atomic E-state index is 8.96. The zero-order chi connectivity index (χ0) is 8.06. The molecular weight excluding hydrogens is 136 g/mol. The second-order valence-electron chi connectivity index (χ2n) is 4.34. The van der Waals surface area contributed by atoms with Crippen LogP contribution in [-0.2, 0) is 0 Å². The van der Waals surface area contributed by atoms with Crippen molar-refractivity contribution in [1.82, 2.24) is 0 Å². The van der Waals surface area contributed by atoms with E-state index in [-0.39, 0.29) is 5.41 Å². The predicted molar refractivity (Wildman–Crippen MR) is 42.5 cm³/mol. The lowest BCUT2D eigenvalue weighted by Gasteiger charge is -2.30. The minimum Gasteiger partial charge on any atom is -0.327 e. The maximum atomic E-state index is 8.96. The van der Waals surface area contributed by atoms with E-state index in [1.807, 2.05) is 0 Å². The SMILES string of the molecule is C[C@]1(C#N)C[C@H]2C[C@@H](N)[C@H]1C2. The van der Waals surface area contributed by atoms with Crippen molar-refractivity contribution in [3.63, 3.8) is 0 Å². The summed E-state index contributed by atoms with van der Waals surface area (Å²) >= 11 is 0. The van der Waals surface area contributed by atoms with Crippen molar-refractivity contribution in [2.75, 3.05) is 0 Å². The van der Waals surface area contributed by atoms with Gasteiger partial charge in [0.1, 0.15) is 0 Å². The van der Waals surface area contributed by atoms with Gasteiger partial charge in [0.2, 0.25) is 0 Å². The Kier molecular flexibility index (Phi) is 1.28. The summed E-state index contributed by atoms with van der Waals surface area (Å²) in [5, 5.41) is 8.96. The zero-order valence-electron chi connectivity index (χ0n) is 6.88. The highest BCUT2D eigenvalue weighted by Crippen LogP contribution is 2.54. The lowest BCUT2D eigenvalue weighted by molar-refractivity contribution is 0.238. The van der Waals surface area contributed by atoms with E-state index in [9.17, 15) is 0 Å². The third-order valence-electron chi connectivity index (χ3n) is 3.50. The fourth-order valence-electron chi connectivity index (χ4n) is 2.96. The molecule has 2 bridgehead atoms. The Bertz CT molecular complexity index is 218. The van der Waals surface area contributed by atoms with Crippen LogP contribution in [0.2, 0.25) is 0 Å². The minimum absolute atomic E-state index is 0.0949. The van der Waals surface area contributed by atoms with Crippen LogP contribution in [0.25, 0.3) is 0 Å². The molecule has 0 radical (unpaired) electrons. The van der Waals surface area contributed by atoms with Gasteiger partial charge in [0.15, 0.2) is 0 Å². The predicted octanol–water partition coefficient (Wildman–Crippen LogP) is 1.27. The molecule has 0 aromatic rings. The molecule has 2 aliphatic carbocycles. The molecule has 0 unspecified atom stereocenters. The summed E-state index contributed by atoms with van der Waals surface area (Å²) in [5.41, 5.74) is 5.83. The van der Waals surface area contributed by atoms with E-state index in [0.717, 1.165) is 18.8 Å². The molecule has 2 saturated carbocycles. The first-order valence-electron chi connectivity index (χ1n) is 4.32. The molecule has 0 saturated heterocycles. The Morgan fingerprint density at radius 3 is 2.64 bits per heavy atom. The molecule has 2 heteroatoms. The first-order valence-corrected chi connectivity index (χ1v) is 4.32. The molecule has 2 N–H and O–H groups in total. The number of hydrogen-bond acceptors (Lipinski definition) is 2. The van der Waals surface area contributed by atoms with Gasteiger partial charge in [-0.2, -0.15) is 5.26 Å². The van der Waals surface area contributed by atoms with Gasteiger partial charge in [0.25, 0.3) is 0 Å². The summed E-state index contributed by atoms with van der Waals surface area (Å²) in [6, 6.07) is 2.73. The molecule has 2 rings (SSSR count). The van der Waals surface area contributed by atoms with Gasteiger partial charge in [0, 0.05) is 6.04 Å². The van der Waals surface area contributed by atoms with Crippen LogP contribution in [0.3, 0.4) is 0 Å². The molecule has 0 spiro atoms. The fraction of sp³-hybridized carbons (Fsp3) is 0.889. The summed E-state index contributed by atoms with van der Waals surface area (Å²) in [4.78, 5) is 0. The molecule has 4 atom stereocenters. The molecular formula is C9H14N2. The van der Waals surface area contributed by atoms with Gasteiger partial charge < -0.3 is 5.73 Å². The second kappa shape index (κ2) is 1.98. The highest BCUT2D eigenvalue weighted by atomic mass is 14.7. The third kappa shape index (κ3) is 0.810. The lowest BCUT2D eigenvalue weighted by Crippen LogP contribution is -2.37. The van der Waals surface area contributed by atoms with Crippen molar-refractivity contribution in [3.05, 3.63) is 0 Å². The molecule has 0 aromatic heterocycles. The summed E-state index contributed by atoms with van der Waals surface area (Å²) in [6.45, 7) is 2.07. The van der Waals surface area contributed by atoms with Gasteiger partial charge in [-0.3, -0.25) is 0 Å². The first kappa shape index (κ1) is 7.12. The standard InChI is InChI=1S/C9H14N2/c1-9(5-10)4-6-2-7(9)8(11)3-6/h6-8H,2-4,11H2,1H3/t6-,7-,8-,9-/m1/s1. The Balaban J connectivity index is 2.26. The number of nitrogens with zero attached hydrogens (tertiary/aromatic N) is 1. The number of rotatable bonds is 0. The zero-order valence-corrected chi connectivity index (χ0v) is 6.88. The normalized spacial score (nSPS) is 54.5. The number of nitrogens with two attached hydrogens (primary N) is 1. The van der Waals surface area contributed by atoms with Gasteiger partial charge in [-0.25, -0.2) is 0 Å². The summed E-state index contributed by atoms with van der Waals surface area (Å²) in [6.07, 6.45) is 3.44. The van der Waals surface area contributed by atoms with E-state index < -0.39 is 0 Å². The average Bonchev–Trinajstić information content (AvgIpc) is 2.44. The molecule has 0 aliphatic heterocycles. The summed E-state index contributed by atoms with van der Waals surface area (Å²) in [5.74, 6) is 1.23. The molecule has 60 valence electrons. The lowest BCUT2D eigenvalue weighted by atomic mass is 9.74. The molecule has 11 heavy (non-hydrogen) atoms. The number of fused-ring (bicyclic) bond motifs is 2. The van der Waals surface area contributed by atoms with Crippen LogP contribution in [0.15, 0.2) is 0 Å². The quantitative estimate of drug-likeness (QED) is 0.565. The van der Waals surface area contributed by atoms with Crippen LogP contribution in [0.4, 0.5) is 0 Å². The Morgan fingerprint density at radius 1 is 1.55 bits per heavy atom. The molecule has 2 aliphatic rings. The number of nitriles is 1. The Morgan fingerprint density at radius 2 is 2.27 bits per heavy atom. The van der Waals surface area contributed by atoms with Crippen molar-refractivity contribution in [1.29, 1.82) is 5.26 Å². The van der Waals surface area contributed by atoms with E-state index in [0.29, 0.717) is 12.0 Å². The second-order valence-corrected chi connectivity index (χ2v) is 4.34. The molecule has 0 heterocycles. The van der Waals surface area contributed by atoms with Crippen LogP contribution in [0, 0.1) is 28.6 Å². The van der Waals surface area contributed by atoms with Crippen LogP contribution in [0.5, 0.6) is 0 Å². The fourth-order valence-corrected chi connectivity index (χ4v) is 2.96. The minimum atomic E-state index is -0.0949. The number of hydrogen-bond donors (Lipinski definition) is 1. The third-order valence-corrected chi connectivity index (χ3v) is 3.50. The van der Waals surface area contributed by atoms with Crippen molar-refractivity contribution >= 4 is 0 Å². The van der Waals surface area contributed by atoms with Crippen molar-refractivity contribution in [2.24, 2.45) is 23.0 Å². The van der Waals surface area contributed by atoms with Crippen LogP contribution in [0.1, 0.15) is 26.2 Å². The smallest absolute Gasteiger partial charge is 0.0690 e. The highest BCUT2D eigenvalue weighted by molar-refractivity contribution is 5.12. The monoisotopic (exact) mass is 150 g/mol. The molecule has 0 aromatic carbocycles. The summed E-state index contributed by atoms with van der Waals surface area (Å²) < 4.78 is 0. The van der Waals surface area contributed by atoms with Gasteiger partial charge in [-0.15, -0.1) is 0 Å². The average molecular weight is 150 g/mol. The highest BCUT2D eigenvalue weighted by Gasteiger charge is 2.52. The Labute approximate surface area is 67.4 Å². The van der Waals surface area contributed by atoms with E-state index in [2.05, 4.69) is 13.0 Å². The van der Waals surface area contributed by atoms with Crippen LogP contribution in [-0.4, -0.2) is 6.04 Å². The van der Waals surface area contributed by atoms with Gasteiger partial charge in [-0.1, -0.05) is 0 Å². The van der Waals surface area contributed by atoms with E-state index in [4.69, 9.17) is 11.0 Å². The maximum Gasteiger partial charge on any atom is 0.0690 e. The van der Waals surface area contributed by atoms with Crippen LogP contribution >= 0.6 is 0 Å². The first-order chi connectivity index (χ1) is 5.15. The van der Waals surface area contributed by atoms with Crippen molar-refractivity contribution < 1.29 is 0 Å². The molecule has 2 nitrogen and oxygen atoms in total. The summed E-state index contributed by atoms with van der Waals surface area (Å²) in [7, 11) is 0. The van der Waals surface area contributed by atoms with Gasteiger partial charge in [0.05, 0.1) is 11.5 Å². The molecule has 2 fully saturated rings. The molecule has 0 amide bonds. The van der Waals surface area contributed by atoms with E-state index >= 15 is 0 Å². The van der Waals surface area contributed by atoms with E-state index in [1.165, 1.54) is 6.42 Å².